The number of hydrogen-bond acceptors (Lipinski definition) is 3. The minimum Gasteiger partial charge on any atom is -0.497 e. The Morgan fingerprint density at radius 2 is 2.17 bits per heavy atom. The van der Waals surface area contributed by atoms with Crippen molar-refractivity contribution in [3.63, 3.8) is 0 Å². The Hall–Kier alpha value is -2.30. The second-order valence-corrected chi connectivity index (χ2v) is 6.17. The lowest BCUT2D eigenvalue weighted by atomic mass is 9.92. The van der Waals surface area contributed by atoms with Crippen LogP contribution in [0.5, 0.6) is 5.75 Å². The van der Waals surface area contributed by atoms with E-state index >= 15 is 0 Å². The zero-order chi connectivity index (χ0) is 16.2. The molecule has 2 aromatic rings. The van der Waals surface area contributed by atoms with Gasteiger partial charge in [-0.05, 0) is 43.0 Å². The summed E-state index contributed by atoms with van der Waals surface area (Å²) in [5.74, 6) is 1.37. The van der Waals surface area contributed by atoms with Crippen LogP contribution in [-0.2, 0) is 11.2 Å². The number of nitrogens with one attached hydrogen (secondary N) is 1. The highest BCUT2D eigenvalue weighted by atomic mass is 16.5. The van der Waals surface area contributed by atoms with E-state index in [1.54, 1.807) is 7.11 Å². The molecule has 5 heteroatoms. The van der Waals surface area contributed by atoms with Crippen LogP contribution in [0.25, 0.3) is 0 Å². The quantitative estimate of drug-likeness (QED) is 0.944. The Kier molecular flexibility index (Phi) is 4.65. The zero-order valence-corrected chi connectivity index (χ0v) is 13.7. The number of piperidine rings is 1. The maximum Gasteiger partial charge on any atom is 0.227 e. The molecule has 3 rings (SSSR count). The van der Waals surface area contributed by atoms with Crippen LogP contribution in [0.4, 0.5) is 0 Å². The monoisotopic (exact) mass is 313 g/mol. The van der Waals surface area contributed by atoms with Crippen molar-refractivity contribution in [3.8, 4) is 5.75 Å². The number of likely N-dealkylation sites (tertiary alicyclic amines) is 1. The van der Waals surface area contributed by atoms with Gasteiger partial charge in [-0.25, -0.2) is 0 Å². The fourth-order valence-corrected chi connectivity index (χ4v) is 3.24. The van der Waals surface area contributed by atoms with E-state index < -0.39 is 0 Å². The molecule has 0 radical (unpaired) electrons. The van der Waals surface area contributed by atoms with E-state index in [-0.39, 0.29) is 5.91 Å². The van der Waals surface area contributed by atoms with Crippen LogP contribution in [0, 0.1) is 6.92 Å². The number of rotatable bonds is 4. The predicted octanol–water partition coefficient (Wildman–Crippen LogP) is 2.68. The molecule has 1 unspecified atom stereocenters. The van der Waals surface area contributed by atoms with Crippen molar-refractivity contribution in [1.29, 1.82) is 0 Å². The second kappa shape index (κ2) is 6.86. The Bertz CT molecular complexity index is 663. The summed E-state index contributed by atoms with van der Waals surface area (Å²) in [6, 6.07) is 7.71. The highest BCUT2D eigenvalue weighted by molar-refractivity contribution is 5.79. The smallest absolute Gasteiger partial charge is 0.227 e. The van der Waals surface area contributed by atoms with Crippen molar-refractivity contribution in [2.45, 2.75) is 32.1 Å². The average Bonchev–Trinajstić information content (AvgIpc) is 3.02. The second-order valence-electron chi connectivity index (χ2n) is 6.17. The third-order valence-electron chi connectivity index (χ3n) is 4.56. The predicted molar refractivity (Wildman–Crippen MR) is 88.6 cm³/mol. The Balaban J connectivity index is 1.63. The van der Waals surface area contributed by atoms with Gasteiger partial charge >= 0.3 is 0 Å². The number of methoxy groups -OCH3 is 1. The number of carbonyl (C=O) groups excluding carboxylic acids is 1. The summed E-state index contributed by atoms with van der Waals surface area (Å²) in [6.45, 7) is 3.69. The fraction of sp³-hybridized carbons (Fsp3) is 0.444. The number of amides is 1. The lowest BCUT2D eigenvalue weighted by Crippen LogP contribution is -2.40. The normalized spacial score (nSPS) is 18.0. The van der Waals surface area contributed by atoms with E-state index in [2.05, 4.69) is 17.1 Å². The summed E-state index contributed by atoms with van der Waals surface area (Å²) in [6.07, 6.45) is 4.44. The van der Waals surface area contributed by atoms with Gasteiger partial charge in [-0.2, -0.15) is 5.10 Å². The molecule has 1 amide bonds. The molecule has 0 saturated carbocycles. The van der Waals surface area contributed by atoms with Gasteiger partial charge < -0.3 is 9.64 Å². The van der Waals surface area contributed by atoms with Crippen LogP contribution in [0.3, 0.4) is 0 Å². The van der Waals surface area contributed by atoms with Crippen LogP contribution in [0.1, 0.15) is 35.6 Å². The fourth-order valence-electron chi connectivity index (χ4n) is 3.24. The maximum atomic E-state index is 12.6. The molecule has 2 heterocycles. The minimum atomic E-state index is 0.192. The number of aryl methyl sites for hydroxylation is 1. The first-order valence-electron chi connectivity index (χ1n) is 8.08. The number of carbonyl (C=O) groups is 1. The number of aromatic amines is 1. The summed E-state index contributed by atoms with van der Waals surface area (Å²) in [5.41, 5.74) is 3.38. The van der Waals surface area contributed by atoms with Gasteiger partial charge in [0.1, 0.15) is 5.75 Å². The molecule has 0 spiro atoms. The molecule has 122 valence electrons. The van der Waals surface area contributed by atoms with Gasteiger partial charge in [-0.1, -0.05) is 12.1 Å². The number of benzene rings is 1. The lowest BCUT2D eigenvalue weighted by molar-refractivity contribution is -0.131. The molecular formula is C18H23N3O2. The molecular weight excluding hydrogens is 290 g/mol. The first-order chi connectivity index (χ1) is 11.2. The van der Waals surface area contributed by atoms with Crippen LogP contribution >= 0.6 is 0 Å². The Morgan fingerprint density at radius 3 is 2.83 bits per heavy atom. The third-order valence-corrected chi connectivity index (χ3v) is 4.56. The maximum absolute atomic E-state index is 12.6. The van der Waals surface area contributed by atoms with Crippen molar-refractivity contribution >= 4 is 5.91 Å². The first-order valence-corrected chi connectivity index (χ1v) is 8.08. The van der Waals surface area contributed by atoms with E-state index in [9.17, 15) is 4.79 Å². The number of nitrogens with zero attached hydrogens (tertiary/aromatic N) is 2. The first kappa shape index (κ1) is 15.6. The number of aromatic nitrogens is 2. The van der Waals surface area contributed by atoms with Gasteiger partial charge in [0.05, 0.1) is 19.7 Å². The number of hydrogen-bond donors (Lipinski definition) is 1. The van der Waals surface area contributed by atoms with Crippen molar-refractivity contribution < 1.29 is 9.53 Å². The molecule has 1 fully saturated rings. The zero-order valence-electron chi connectivity index (χ0n) is 13.7. The number of H-pyrrole nitrogens is 1. The van der Waals surface area contributed by atoms with E-state index in [4.69, 9.17) is 4.74 Å². The van der Waals surface area contributed by atoms with Crippen molar-refractivity contribution in [3.05, 3.63) is 47.3 Å². The lowest BCUT2D eigenvalue weighted by Gasteiger charge is -2.32. The molecule has 1 aromatic carbocycles. The van der Waals surface area contributed by atoms with Gasteiger partial charge in [0, 0.05) is 24.7 Å². The molecule has 0 bridgehead atoms. The van der Waals surface area contributed by atoms with Crippen LogP contribution in [0.2, 0.25) is 0 Å². The van der Waals surface area contributed by atoms with Crippen LogP contribution < -0.4 is 4.74 Å². The van der Waals surface area contributed by atoms with Gasteiger partial charge in [0.2, 0.25) is 5.91 Å². The van der Waals surface area contributed by atoms with E-state index in [0.717, 1.165) is 37.2 Å². The molecule has 1 aromatic heterocycles. The minimum absolute atomic E-state index is 0.192. The highest BCUT2D eigenvalue weighted by Crippen LogP contribution is 2.27. The topological polar surface area (TPSA) is 58.2 Å². The molecule has 1 atom stereocenters. The van der Waals surface area contributed by atoms with Gasteiger partial charge in [0.15, 0.2) is 0 Å². The SMILES string of the molecule is COc1ccc(CC(=O)N2CCCC(c3[nH]ncc3C)C2)cc1. The third kappa shape index (κ3) is 3.55. The van der Waals surface area contributed by atoms with E-state index in [1.807, 2.05) is 35.4 Å². The molecule has 1 saturated heterocycles. The van der Waals surface area contributed by atoms with Crippen LogP contribution in [-0.4, -0.2) is 41.2 Å². The summed E-state index contributed by atoms with van der Waals surface area (Å²) < 4.78 is 5.15. The van der Waals surface area contributed by atoms with Crippen molar-refractivity contribution in [2.75, 3.05) is 20.2 Å². The Morgan fingerprint density at radius 1 is 1.39 bits per heavy atom. The van der Waals surface area contributed by atoms with Gasteiger partial charge in [-0.3, -0.25) is 9.89 Å². The van der Waals surface area contributed by atoms with Gasteiger partial charge in [-0.15, -0.1) is 0 Å². The average molecular weight is 313 g/mol. The summed E-state index contributed by atoms with van der Waals surface area (Å²) in [7, 11) is 1.64. The highest BCUT2D eigenvalue weighted by Gasteiger charge is 2.26. The van der Waals surface area contributed by atoms with Crippen molar-refractivity contribution in [2.24, 2.45) is 0 Å². The molecule has 1 aliphatic rings. The summed E-state index contributed by atoms with van der Waals surface area (Å²) in [4.78, 5) is 14.6. The largest absolute Gasteiger partial charge is 0.497 e. The van der Waals surface area contributed by atoms with Crippen LogP contribution in [0.15, 0.2) is 30.5 Å². The Labute approximate surface area is 136 Å². The molecule has 23 heavy (non-hydrogen) atoms. The van der Waals surface area contributed by atoms with E-state index in [1.165, 1.54) is 11.3 Å². The molecule has 5 nitrogen and oxygen atoms in total. The summed E-state index contributed by atoms with van der Waals surface area (Å²) in [5, 5.41) is 7.21. The molecule has 1 aliphatic heterocycles. The van der Waals surface area contributed by atoms with Crippen molar-refractivity contribution in [1.82, 2.24) is 15.1 Å². The summed E-state index contributed by atoms with van der Waals surface area (Å²) >= 11 is 0. The molecule has 0 aliphatic carbocycles. The standard InChI is InChI=1S/C18H23N3O2/c1-13-11-19-20-18(13)15-4-3-9-21(12-15)17(22)10-14-5-7-16(23-2)8-6-14/h5-8,11,15H,3-4,9-10,12H2,1-2H3,(H,19,20). The molecule has 1 N–H and O–H groups in total. The van der Waals surface area contributed by atoms with Gasteiger partial charge in [0.25, 0.3) is 0 Å². The van der Waals surface area contributed by atoms with E-state index in [0.29, 0.717) is 12.3 Å². The number of ether oxygens (including phenoxy) is 1.